The van der Waals surface area contributed by atoms with E-state index in [4.69, 9.17) is 0 Å². The van der Waals surface area contributed by atoms with Crippen molar-refractivity contribution in [2.75, 3.05) is 19.6 Å². The first-order chi connectivity index (χ1) is 9.48. The molecule has 0 aliphatic carbocycles. The van der Waals surface area contributed by atoms with Crippen molar-refractivity contribution in [2.24, 2.45) is 13.0 Å². The van der Waals surface area contributed by atoms with Gasteiger partial charge in [-0.1, -0.05) is 0 Å². The molecule has 112 valence electrons. The molecule has 1 aromatic rings. The highest BCUT2D eigenvalue weighted by atomic mass is 32.2. The molecule has 2 aliphatic rings. The highest BCUT2D eigenvalue weighted by Gasteiger charge is 2.37. The Bertz CT molecular complexity index is 596. The van der Waals surface area contributed by atoms with Crippen molar-refractivity contribution in [1.82, 2.24) is 19.4 Å². The van der Waals surface area contributed by atoms with Gasteiger partial charge in [0.15, 0.2) is 5.03 Å². The van der Waals surface area contributed by atoms with Crippen LogP contribution in [-0.2, 0) is 17.1 Å². The van der Waals surface area contributed by atoms with E-state index >= 15 is 0 Å². The van der Waals surface area contributed by atoms with Gasteiger partial charge in [0.25, 0.3) is 10.0 Å². The summed E-state index contributed by atoms with van der Waals surface area (Å²) in [5.74, 6) is 0.446. The van der Waals surface area contributed by atoms with Crippen LogP contribution >= 0.6 is 0 Å². The van der Waals surface area contributed by atoms with Crippen molar-refractivity contribution >= 4 is 10.0 Å². The molecule has 6 nitrogen and oxygen atoms in total. The van der Waals surface area contributed by atoms with Crippen molar-refractivity contribution in [3.05, 3.63) is 11.8 Å². The smallest absolute Gasteiger partial charge is 0.260 e. The molecule has 0 amide bonds. The number of aryl methyl sites for hydroxylation is 2. The molecular formula is C13H22N4O2S. The van der Waals surface area contributed by atoms with E-state index in [0.29, 0.717) is 30.1 Å². The summed E-state index contributed by atoms with van der Waals surface area (Å²) in [6.07, 6.45) is 3.16. The van der Waals surface area contributed by atoms with Crippen molar-refractivity contribution < 1.29 is 8.42 Å². The van der Waals surface area contributed by atoms with Crippen LogP contribution in [0.15, 0.2) is 11.1 Å². The molecule has 0 radical (unpaired) electrons. The summed E-state index contributed by atoms with van der Waals surface area (Å²) in [6.45, 7) is 4.11. The fourth-order valence-corrected chi connectivity index (χ4v) is 5.08. The standard InChI is InChI=1S/C13H22N4O2S/c1-10-8-13(16(2)15-10)20(18,19)17-7-5-12-11(9-17)4-3-6-14-12/h8,11-12,14H,3-7,9H2,1-2H3/t11-,12+/m1/s1. The molecular weight excluding hydrogens is 276 g/mol. The van der Waals surface area contributed by atoms with Gasteiger partial charge in [-0.15, -0.1) is 0 Å². The van der Waals surface area contributed by atoms with Crippen molar-refractivity contribution in [3.8, 4) is 0 Å². The first-order valence-corrected chi connectivity index (χ1v) is 8.66. The molecule has 1 aromatic heterocycles. The molecule has 7 heteroatoms. The van der Waals surface area contributed by atoms with E-state index in [1.807, 2.05) is 6.92 Å². The third kappa shape index (κ3) is 2.38. The molecule has 3 rings (SSSR count). The van der Waals surface area contributed by atoms with Crippen molar-refractivity contribution in [3.63, 3.8) is 0 Å². The maximum absolute atomic E-state index is 12.7. The second-order valence-electron chi connectivity index (χ2n) is 5.86. The van der Waals surface area contributed by atoms with Gasteiger partial charge >= 0.3 is 0 Å². The summed E-state index contributed by atoms with van der Waals surface area (Å²) < 4.78 is 28.6. The van der Waals surface area contributed by atoms with E-state index in [1.165, 1.54) is 4.68 Å². The van der Waals surface area contributed by atoms with E-state index < -0.39 is 10.0 Å². The molecule has 0 unspecified atom stereocenters. The van der Waals surface area contributed by atoms with Crippen LogP contribution in [0, 0.1) is 12.8 Å². The number of hydrogen-bond acceptors (Lipinski definition) is 4. The summed E-state index contributed by atoms with van der Waals surface area (Å²) in [4.78, 5) is 0. The molecule has 2 aliphatic heterocycles. The second kappa shape index (κ2) is 5.13. The lowest BCUT2D eigenvalue weighted by molar-refractivity contribution is 0.170. The Morgan fingerprint density at radius 2 is 2.20 bits per heavy atom. The summed E-state index contributed by atoms with van der Waals surface area (Å²) in [5.41, 5.74) is 0.736. The maximum atomic E-state index is 12.7. The number of hydrogen-bond donors (Lipinski definition) is 1. The Hall–Kier alpha value is -0.920. The van der Waals surface area contributed by atoms with E-state index in [1.54, 1.807) is 17.4 Å². The van der Waals surface area contributed by atoms with E-state index in [9.17, 15) is 8.42 Å². The van der Waals surface area contributed by atoms with E-state index in [0.717, 1.165) is 31.5 Å². The molecule has 2 saturated heterocycles. The average molecular weight is 298 g/mol. The molecule has 2 atom stereocenters. The Kier molecular flexibility index (Phi) is 3.60. The molecule has 0 spiro atoms. The molecule has 1 N–H and O–H groups in total. The number of rotatable bonds is 2. The van der Waals surface area contributed by atoms with E-state index in [2.05, 4.69) is 10.4 Å². The van der Waals surface area contributed by atoms with Crippen LogP contribution in [0.2, 0.25) is 0 Å². The lowest BCUT2D eigenvalue weighted by Gasteiger charge is -2.40. The van der Waals surface area contributed by atoms with Crippen LogP contribution < -0.4 is 5.32 Å². The van der Waals surface area contributed by atoms with Gasteiger partial charge in [0.05, 0.1) is 5.69 Å². The normalized spacial score (nSPS) is 28.3. The number of nitrogens with one attached hydrogen (secondary N) is 1. The Morgan fingerprint density at radius 1 is 1.40 bits per heavy atom. The van der Waals surface area contributed by atoms with Gasteiger partial charge < -0.3 is 5.32 Å². The lowest BCUT2D eigenvalue weighted by atomic mass is 9.86. The van der Waals surface area contributed by atoms with Gasteiger partial charge in [-0.3, -0.25) is 4.68 Å². The minimum absolute atomic E-state index is 0.303. The van der Waals surface area contributed by atoms with Gasteiger partial charge in [0.1, 0.15) is 0 Å². The topological polar surface area (TPSA) is 67.2 Å². The zero-order valence-electron chi connectivity index (χ0n) is 12.0. The number of nitrogens with zero attached hydrogens (tertiary/aromatic N) is 3. The van der Waals surface area contributed by atoms with Crippen molar-refractivity contribution in [2.45, 2.75) is 37.3 Å². The average Bonchev–Trinajstić information content (AvgIpc) is 2.78. The maximum Gasteiger partial charge on any atom is 0.260 e. The van der Waals surface area contributed by atoms with Crippen LogP contribution in [0.4, 0.5) is 0 Å². The van der Waals surface area contributed by atoms with Gasteiger partial charge in [0.2, 0.25) is 0 Å². The van der Waals surface area contributed by atoms with E-state index in [-0.39, 0.29) is 0 Å². The van der Waals surface area contributed by atoms with Crippen LogP contribution in [0.5, 0.6) is 0 Å². The SMILES string of the molecule is Cc1cc(S(=O)(=O)N2CC[C@@H]3NCCC[C@@H]3C2)n(C)n1. The second-order valence-corrected chi connectivity index (χ2v) is 7.75. The summed E-state index contributed by atoms with van der Waals surface area (Å²) in [6, 6.07) is 2.14. The number of sulfonamides is 1. The van der Waals surface area contributed by atoms with Gasteiger partial charge in [-0.2, -0.15) is 9.40 Å². The number of piperidine rings is 2. The predicted molar refractivity (Wildman–Crippen MR) is 75.8 cm³/mol. The van der Waals surface area contributed by atoms with Gasteiger partial charge in [-0.05, 0) is 44.7 Å². The zero-order chi connectivity index (χ0) is 14.3. The fraction of sp³-hybridized carbons (Fsp3) is 0.769. The van der Waals surface area contributed by atoms with Crippen LogP contribution in [-0.4, -0.2) is 48.2 Å². The Morgan fingerprint density at radius 3 is 2.90 bits per heavy atom. The highest BCUT2D eigenvalue weighted by molar-refractivity contribution is 7.89. The third-order valence-electron chi connectivity index (χ3n) is 4.42. The molecule has 3 heterocycles. The molecule has 0 saturated carbocycles. The minimum atomic E-state index is -3.42. The van der Waals surface area contributed by atoms with Crippen LogP contribution in [0.25, 0.3) is 0 Å². The third-order valence-corrected chi connectivity index (χ3v) is 6.34. The number of fused-ring (bicyclic) bond motifs is 1. The highest BCUT2D eigenvalue weighted by Crippen LogP contribution is 2.28. The minimum Gasteiger partial charge on any atom is -0.314 e. The molecule has 2 fully saturated rings. The molecule has 20 heavy (non-hydrogen) atoms. The Balaban J connectivity index is 1.83. The molecule has 0 aromatic carbocycles. The Labute approximate surface area is 120 Å². The largest absolute Gasteiger partial charge is 0.314 e. The summed E-state index contributed by atoms with van der Waals surface area (Å²) >= 11 is 0. The fourth-order valence-electron chi connectivity index (χ4n) is 3.39. The van der Waals surface area contributed by atoms with Gasteiger partial charge in [0, 0.05) is 26.2 Å². The van der Waals surface area contributed by atoms with Crippen molar-refractivity contribution in [1.29, 1.82) is 0 Å². The van der Waals surface area contributed by atoms with Gasteiger partial charge in [-0.25, -0.2) is 8.42 Å². The zero-order valence-corrected chi connectivity index (χ0v) is 12.9. The summed E-state index contributed by atoms with van der Waals surface area (Å²) in [7, 11) is -1.73. The van der Waals surface area contributed by atoms with Crippen LogP contribution in [0.1, 0.15) is 25.0 Å². The first-order valence-electron chi connectivity index (χ1n) is 7.22. The number of aromatic nitrogens is 2. The first kappa shape index (κ1) is 14.0. The quantitative estimate of drug-likeness (QED) is 0.863. The lowest BCUT2D eigenvalue weighted by Crippen LogP contribution is -2.53. The van der Waals surface area contributed by atoms with Crippen LogP contribution in [0.3, 0.4) is 0 Å². The molecule has 0 bridgehead atoms. The summed E-state index contributed by atoms with van der Waals surface area (Å²) in [5, 5.41) is 7.96. The predicted octanol–water partition coefficient (Wildman–Crippen LogP) is 0.491. The monoisotopic (exact) mass is 298 g/mol.